The Kier molecular flexibility index (Phi) is 5.93. The maximum Gasteiger partial charge on any atom is 0.0700 e. The second-order valence-corrected chi connectivity index (χ2v) is 5.91. The van der Waals surface area contributed by atoms with Crippen LogP contribution in [0.15, 0.2) is 0 Å². The smallest absolute Gasteiger partial charge is 0.0700 e. The van der Waals surface area contributed by atoms with Crippen LogP contribution in [0.25, 0.3) is 0 Å². The summed E-state index contributed by atoms with van der Waals surface area (Å²) in [6.07, 6.45) is 7.08. The van der Waals surface area contributed by atoms with Gasteiger partial charge in [-0.3, -0.25) is 4.90 Å². The largest absolute Gasteiger partial charge is 0.376 e. The maximum atomic E-state index is 5.76. The van der Waals surface area contributed by atoms with Crippen molar-refractivity contribution in [2.75, 3.05) is 32.8 Å². The van der Waals surface area contributed by atoms with E-state index >= 15 is 0 Å². The number of ether oxygens (including phenoxy) is 1. The second-order valence-electron chi connectivity index (χ2n) is 5.91. The van der Waals surface area contributed by atoms with Gasteiger partial charge in [0.1, 0.15) is 0 Å². The fraction of sp³-hybridized carbons (Fsp3) is 1.00. The standard InChI is InChI=1S/C15H30N2O/c1-3-8-16-15-7-5-6-13(15)11-17-9-10-18-14(4-2)12-17/h13-16H,3-12H2,1-2H3. The monoisotopic (exact) mass is 254 g/mol. The maximum absolute atomic E-state index is 5.76. The Labute approximate surface area is 112 Å². The number of rotatable bonds is 6. The minimum absolute atomic E-state index is 0.474. The van der Waals surface area contributed by atoms with Crippen molar-refractivity contribution in [2.24, 2.45) is 5.92 Å². The summed E-state index contributed by atoms with van der Waals surface area (Å²) in [4.78, 5) is 2.63. The van der Waals surface area contributed by atoms with Crippen LogP contribution in [0.1, 0.15) is 46.0 Å². The quantitative estimate of drug-likeness (QED) is 0.787. The van der Waals surface area contributed by atoms with Crippen molar-refractivity contribution in [3.8, 4) is 0 Å². The second kappa shape index (κ2) is 7.46. The Morgan fingerprint density at radius 2 is 2.17 bits per heavy atom. The van der Waals surface area contributed by atoms with E-state index in [0.29, 0.717) is 6.10 Å². The van der Waals surface area contributed by atoms with E-state index in [0.717, 1.165) is 38.1 Å². The molecule has 1 saturated carbocycles. The SMILES string of the molecule is CCCNC1CCCC1CN1CCOC(CC)C1. The van der Waals surface area contributed by atoms with Crippen LogP contribution in [0.5, 0.6) is 0 Å². The first kappa shape index (κ1) is 14.3. The van der Waals surface area contributed by atoms with Crippen molar-refractivity contribution in [1.29, 1.82) is 0 Å². The highest BCUT2D eigenvalue weighted by molar-refractivity contribution is 4.86. The molecule has 3 atom stereocenters. The van der Waals surface area contributed by atoms with Gasteiger partial charge in [0.15, 0.2) is 0 Å². The minimum atomic E-state index is 0.474. The van der Waals surface area contributed by atoms with Gasteiger partial charge in [-0.1, -0.05) is 20.3 Å². The summed E-state index contributed by atoms with van der Waals surface area (Å²) < 4.78 is 5.76. The highest BCUT2D eigenvalue weighted by Gasteiger charge is 2.29. The summed E-state index contributed by atoms with van der Waals surface area (Å²) in [5.41, 5.74) is 0. The molecule has 0 amide bonds. The summed E-state index contributed by atoms with van der Waals surface area (Å²) in [6.45, 7) is 10.2. The fourth-order valence-electron chi connectivity index (χ4n) is 3.38. The van der Waals surface area contributed by atoms with Gasteiger partial charge in [-0.25, -0.2) is 0 Å². The van der Waals surface area contributed by atoms with E-state index in [9.17, 15) is 0 Å². The summed E-state index contributed by atoms with van der Waals surface area (Å²) >= 11 is 0. The molecule has 2 fully saturated rings. The van der Waals surface area contributed by atoms with E-state index < -0.39 is 0 Å². The Morgan fingerprint density at radius 3 is 2.94 bits per heavy atom. The van der Waals surface area contributed by atoms with E-state index in [-0.39, 0.29) is 0 Å². The van der Waals surface area contributed by atoms with E-state index in [2.05, 4.69) is 24.1 Å². The molecule has 1 heterocycles. The van der Waals surface area contributed by atoms with Crippen LogP contribution in [0.4, 0.5) is 0 Å². The molecule has 1 N–H and O–H groups in total. The molecule has 3 unspecified atom stereocenters. The average molecular weight is 254 g/mol. The zero-order chi connectivity index (χ0) is 12.8. The van der Waals surface area contributed by atoms with Crippen molar-refractivity contribution < 1.29 is 4.74 Å². The third kappa shape index (κ3) is 3.94. The zero-order valence-corrected chi connectivity index (χ0v) is 12.2. The molecule has 0 aromatic carbocycles. The number of nitrogens with zero attached hydrogens (tertiary/aromatic N) is 1. The summed E-state index contributed by atoms with van der Waals surface area (Å²) in [6, 6.07) is 0.771. The van der Waals surface area contributed by atoms with Crippen LogP contribution in [-0.2, 0) is 4.74 Å². The van der Waals surface area contributed by atoms with Gasteiger partial charge in [-0.05, 0) is 38.1 Å². The molecule has 3 nitrogen and oxygen atoms in total. The highest BCUT2D eigenvalue weighted by atomic mass is 16.5. The van der Waals surface area contributed by atoms with E-state index in [1.54, 1.807) is 0 Å². The molecule has 0 aromatic rings. The Balaban J connectivity index is 1.76. The Morgan fingerprint density at radius 1 is 1.28 bits per heavy atom. The van der Waals surface area contributed by atoms with Crippen molar-refractivity contribution >= 4 is 0 Å². The van der Waals surface area contributed by atoms with Gasteiger partial charge < -0.3 is 10.1 Å². The molecule has 3 heteroatoms. The lowest BCUT2D eigenvalue weighted by molar-refractivity contribution is -0.0347. The lowest BCUT2D eigenvalue weighted by Crippen LogP contribution is -2.46. The average Bonchev–Trinajstić information content (AvgIpc) is 2.84. The molecule has 2 rings (SSSR count). The number of hydrogen-bond acceptors (Lipinski definition) is 3. The molecule has 18 heavy (non-hydrogen) atoms. The highest BCUT2D eigenvalue weighted by Crippen LogP contribution is 2.27. The van der Waals surface area contributed by atoms with Gasteiger partial charge in [-0.15, -0.1) is 0 Å². The fourth-order valence-corrected chi connectivity index (χ4v) is 3.38. The molecule has 1 aliphatic heterocycles. The molecule has 2 aliphatic rings. The van der Waals surface area contributed by atoms with E-state index in [1.807, 2.05) is 0 Å². The lowest BCUT2D eigenvalue weighted by atomic mass is 10.0. The van der Waals surface area contributed by atoms with E-state index in [1.165, 1.54) is 38.8 Å². The van der Waals surface area contributed by atoms with Crippen molar-refractivity contribution in [3.63, 3.8) is 0 Å². The van der Waals surface area contributed by atoms with Crippen molar-refractivity contribution in [3.05, 3.63) is 0 Å². The van der Waals surface area contributed by atoms with Crippen molar-refractivity contribution in [2.45, 2.75) is 58.1 Å². The van der Waals surface area contributed by atoms with Gasteiger partial charge in [0.25, 0.3) is 0 Å². The molecule has 0 spiro atoms. The van der Waals surface area contributed by atoms with Gasteiger partial charge in [-0.2, -0.15) is 0 Å². The first-order valence-electron chi connectivity index (χ1n) is 7.90. The van der Waals surface area contributed by atoms with Gasteiger partial charge in [0, 0.05) is 25.7 Å². The first-order chi connectivity index (χ1) is 8.83. The summed E-state index contributed by atoms with van der Waals surface area (Å²) in [7, 11) is 0. The van der Waals surface area contributed by atoms with Crippen LogP contribution in [0.3, 0.4) is 0 Å². The first-order valence-corrected chi connectivity index (χ1v) is 7.90. The third-order valence-electron chi connectivity index (χ3n) is 4.49. The van der Waals surface area contributed by atoms with Crippen LogP contribution in [0.2, 0.25) is 0 Å². The topological polar surface area (TPSA) is 24.5 Å². The summed E-state index contributed by atoms with van der Waals surface area (Å²) in [5, 5.41) is 3.74. The molecule has 0 radical (unpaired) electrons. The van der Waals surface area contributed by atoms with Crippen LogP contribution in [-0.4, -0.2) is 49.8 Å². The van der Waals surface area contributed by atoms with Crippen molar-refractivity contribution in [1.82, 2.24) is 10.2 Å². The molecular weight excluding hydrogens is 224 g/mol. The van der Waals surface area contributed by atoms with Crippen LogP contribution < -0.4 is 5.32 Å². The molecule has 1 saturated heterocycles. The van der Waals surface area contributed by atoms with Crippen LogP contribution in [0, 0.1) is 5.92 Å². The summed E-state index contributed by atoms with van der Waals surface area (Å²) in [5.74, 6) is 0.868. The number of nitrogens with one attached hydrogen (secondary N) is 1. The molecular formula is C15H30N2O. The normalized spacial score (nSPS) is 34.0. The lowest BCUT2D eigenvalue weighted by Gasteiger charge is -2.35. The molecule has 106 valence electrons. The minimum Gasteiger partial charge on any atom is -0.376 e. The van der Waals surface area contributed by atoms with Gasteiger partial charge in [0.05, 0.1) is 12.7 Å². The predicted molar refractivity (Wildman–Crippen MR) is 75.9 cm³/mol. The van der Waals surface area contributed by atoms with Crippen LogP contribution >= 0.6 is 0 Å². The Hall–Kier alpha value is -0.120. The predicted octanol–water partition coefficient (Wildman–Crippen LogP) is 2.27. The van der Waals surface area contributed by atoms with Gasteiger partial charge in [0.2, 0.25) is 0 Å². The van der Waals surface area contributed by atoms with Gasteiger partial charge >= 0.3 is 0 Å². The Bertz CT molecular complexity index is 235. The molecule has 1 aliphatic carbocycles. The molecule has 0 aromatic heterocycles. The van der Waals surface area contributed by atoms with E-state index in [4.69, 9.17) is 4.74 Å². The third-order valence-corrected chi connectivity index (χ3v) is 4.49. The number of hydrogen-bond donors (Lipinski definition) is 1. The zero-order valence-electron chi connectivity index (χ0n) is 12.2. The molecule has 0 bridgehead atoms. The number of morpholine rings is 1.